The van der Waals surface area contributed by atoms with Crippen LogP contribution in [-0.2, 0) is 13.2 Å². The molecule has 0 radical (unpaired) electrons. The minimum atomic E-state index is 0. The summed E-state index contributed by atoms with van der Waals surface area (Å²) in [6, 6.07) is 14.1. The summed E-state index contributed by atoms with van der Waals surface area (Å²) in [6.45, 7) is 5.55. The molecule has 23 heavy (non-hydrogen) atoms. The lowest BCUT2D eigenvalue weighted by Gasteiger charge is -2.13. The number of methoxy groups -OCH3 is 1. The molecule has 3 nitrogen and oxygen atoms in total. The number of hydrogen-bond acceptors (Lipinski definition) is 3. The van der Waals surface area contributed by atoms with Crippen molar-refractivity contribution in [2.24, 2.45) is 0 Å². The molecule has 0 spiro atoms. The van der Waals surface area contributed by atoms with E-state index in [-0.39, 0.29) is 12.4 Å². The second kappa shape index (κ2) is 9.66. The minimum absolute atomic E-state index is 0. The van der Waals surface area contributed by atoms with Crippen LogP contribution < -0.4 is 14.8 Å². The lowest BCUT2D eigenvalue weighted by molar-refractivity contribution is 0.284. The van der Waals surface area contributed by atoms with Crippen LogP contribution in [0, 0.1) is 0 Å². The highest BCUT2D eigenvalue weighted by molar-refractivity contribution is 6.30. The fourth-order valence-electron chi connectivity index (χ4n) is 2.00. The predicted octanol–water partition coefficient (Wildman–Crippen LogP) is 4.85. The van der Waals surface area contributed by atoms with Crippen LogP contribution in [0.25, 0.3) is 0 Å². The first-order chi connectivity index (χ1) is 10.6. The van der Waals surface area contributed by atoms with E-state index in [1.54, 1.807) is 7.11 Å². The van der Waals surface area contributed by atoms with Gasteiger partial charge in [0.25, 0.3) is 0 Å². The van der Waals surface area contributed by atoms with Crippen molar-refractivity contribution in [2.75, 3.05) is 7.11 Å². The molecule has 0 saturated heterocycles. The van der Waals surface area contributed by atoms with Crippen molar-refractivity contribution in [3.05, 3.63) is 58.6 Å². The van der Waals surface area contributed by atoms with Crippen molar-refractivity contribution in [3.63, 3.8) is 0 Å². The van der Waals surface area contributed by atoms with Crippen LogP contribution in [0.2, 0.25) is 5.02 Å². The predicted molar refractivity (Wildman–Crippen MR) is 98.0 cm³/mol. The summed E-state index contributed by atoms with van der Waals surface area (Å²) in [5.74, 6) is 1.49. The van der Waals surface area contributed by atoms with Gasteiger partial charge >= 0.3 is 0 Å². The van der Waals surface area contributed by atoms with Gasteiger partial charge in [0, 0.05) is 17.6 Å². The van der Waals surface area contributed by atoms with E-state index < -0.39 is 0 Å². The number of halogens is 2. The van der Waals surface area contributed by atoms with E-state index in [0.717, 1.165) is 28.6 Å². The van der Waals surface area contributed by atoms with Crippen molar-refractivity contribution in [1.29, 1.82) is 0 Å². The standard InChI is InChI=1S/C18H22ClNO2.ClH/c1-13(2)20-11-15-6-9-17(18(10-15)21-3)22-12-14-4-7-16(19)8-5-14;/h4-10,13,20H,11-12H2,1-3H3;1H. The smallest absolute Gasteiger partial charge is 0.161 e. The average Bonchev–Trinajstić information content (AvgIpc) is 2.52. The van der Waals surface area contributed by atoms with E-state index in [2.05, 4.69) is 25.2 Å². The Kier molecular flexibility index (Phi) is 8.24. The zero-order valence-corrected chi connectivity index (χ0v) is 15.2. The number of nitrogens with one attached hydrogen (secondary N) is 1. The van der Waals surface area contributed by atoms with Crippen molar-refractivity contribution in [2.45, 2.75) is 33.0 Å². The Morgan fingerprint density at radius 3 is 2.26 bits per heavy atom. The van der Waals surface area contributed by atoms with Gasteiger partial charge in [0.2, 0.25) is 0 Å². The van der Waals surface area contributed by atoms with E-state index in [1.165, 1.54) is 5.56 Å². The summed E-state index contributed by atoms with van der Waals surface area (Å²) < 4.78 is 11.3. The summed E-state index contributed by atoms with van der Waals surface area (Å²) in [4.78, 5) is 0. The molecule has 0 atom stereocenters. The van der Waals surface area contributed by atoms with Gasteiger partial charge in [0.15, 0.2) is 11.5 Å². The van der Waals surface area contributed by atoms with Gasteiger partial charge in [0.05, 0.1) is 7.11 Å². The highest BCUT2D eigenvalue weighted by Gasteiger charge is 2.07. The number of rotatable bonds is 7. The maximum Gasteiger partial charge on any atom is 0.161 e. The van der Waals surface area contributed by atoms with E-state index in [4.69, 9.17) is 21.1 Å². The maximum absolute atomic E-state index is 5.88. The molecule has 0 aliphatic carbocycles. The van der Waals surface area contributed by atoms with Gasteiger partial charge in [-0.2, -0.15) is 0 Å². The zero-order chi connectivity index (χ0) is 15.9. The van der Waals surface area contributed by atoms with Gasteiger partial charge in [-0.25, -0.2) is 0 Å². The fourth-order valence-corrected chi connectivity index (χ4v) is 2.13. The molecule has 0 heterocycles. The molecule has 2 aromatic carbocycles. The lowest BCUT2D eigenvalue weighted by Crippen LogP contribution is -2.21. The Bertz CT molecular complexity index is 600. The third kappa shape index (κ3) is 6.30. The van der Waals surface area contributed by atoms with Crippen molar-refractivity contribution in [1.82, 2.24) is 5.32 Å². The minimum Gasteiger partial charge on any atom is -0.493 e. The summed E-state index contributed by atoms with van der Waals surface area (Å²) in [6.07, 6.45) is 0. The van der Waals surface area contributed by atoms with Crippen molar-refractivity contribution >= 4 is 24.0 Å². The Morgan fingerprint density at radius 1 is 1.00 bits per heavy atom. The first-order valence-corrected chi connectivity index (χ1v) is 7.74. The highest BCUT2D eigenvalue weighted by Crippen LogP contribution is 2.29. The summed E-state index contributed by atoms with van der Waals surface area (Å²) in [5, 5.41) is 4.11. The van der Waals surface area contributed by atoms with E-state index in [1.807, 2.05) is 36.4 Å². The molecule has 0 saturated carbocycles. The Balaban J connectivity index is 0.00000264. The zero-order valence-electron chi connectivity index (χ0n) is 13.6. The molecule has 0 amide bonds. The van der Waals surface area contributed by atoms with Crippen LogP contribution in [0.4, 0.5) is 0 Å². The van der Waals surface area contributed by atoms with Crippen LogP contribution >= 0.6 is 24.0 Å². The molecule has 2 aromatic rings. The molecule has 0 aromatic heterocycles. The van der Waals surface area contributed by atoms with Crippen molar-refractivity contribution < 1.29 is 9.47 Å². The normalized spacial score (nSPS) is 10.3. The van der Waals surface area contributed by atoms with Gasteiger partial charge in [-0.05, 0) is 35.4 Å². The summed E-state index contributed by atoms with van der Waals surface area (Å²) >= 11 is 5.88. The van der Waals surface area contributed by atoms with Gasteiger partial charge in [0.1, 0.15) is 6.61 Å². The van der Waals surface area contributed by atoms with Crippen LogP contribution in [-0.4, -0.2) is 13.2 Å². The Labute approximate surface area is 149 Å². The lowest BCUT2D eigenvalue weighted by atomic mass is 10.2. The van der Waals surface area contributed by atoms with Crippen LogP contribution in [0.3, 0.4) is 0 Å². The topological polar surface area (TPSA) is 30.5 Å². The summed E-state index contributed by atoms with van der Waals surface area (Å²) in [7, 11) is 1.66. The molecule has 0 aliphatic heterocycles. The molecule has 126 valence electrons. The monoisotopic (exact) mass is 355 g/mol. The largest absolute Gasteiger partial charge is 0.493 e. The Hall–Kier alpha value is -1.42. The molecule has 1 N–H and O–H groups in total. The number of ether oxygens (including phenoxy) is 2. The molecule has 0 unspecified atom stereocenters. The van der Waals surface area contributed by atoms with Gasteiger partial charge in [-0.15, -0.1) is 12.4 Å². The van der Waals surface area contributed by atoms with Crippen LogP contribution in [0.5, 0.6) is 11.5 Å². The average molecular weight is 356 g/mol. The molecule has 0 aliphatic rings. The van der Waals surface area contributed by atoms with Gasteiger partial charge < -0.3 is 14.8 Å². The maximum atomic E-state index is 5.88. The molecule has 0 bridgehead atoms. The number of hydrogen-bond donors (Lipinski definition) is 1. The highest BCUT2D eigenvalue weighted by atomic mass is 35.5. The van der Waals surface area contributed by atoms with E-state index in [9.17, 15) is 0 Å². The second-order valence-electron chi connectivity index (χ2n) is 5.44. The van der Waals surface area contributed by atoms with Gasteiger partial charge in [-0.1, -0.05) is 43.6 Å². The molecular weight excluding hydrogens is 333 g/mol. The molecule has 5 heteroatoms. The van der Waals surface area contributed by atoms with Gasteiger partial charge in [-0.3, -0.25) is 0 Å². The first-order valence-electron chi connectivity index (χ1n) is 7.36. The number of benzene rings is 2. The van der Waals surface area contributed by atoms with Crippen molar-refractivity contribution in [3.8, 4) is 11.5 Å². The van der Waals surface area contributed by atoms with Crippen LogP contribution in [0.15, 0.2) is 42.5 Å². The fraction of sp³-hybridized carbons (Fsp3) is 0.333. The molecule has 0 fully saturated rings. The van der Waals surface area contributed by atoms with Crippen LogP contribution in [0.1, 0.15) is 25.0 Å². The molecule has 2 rings (SSSR count). The van der Waals surface area contributed by atoms with E-state index in [0.29, 0.717) is 12.6 Å². The second-order valence-corrected chi connectivity index (χ2v) is 5.87. The SMILES string of the molecule is COc1cc(CNC(C)C)ccc1OCc1ccc(Cl)cc1.Cl. The third-order valence-corrected chi connectivity index (χ3v) is 3.50. The summed E-state index contributed by atoms with van der Waals surface area (Å²) in [5.41, 5.74) is 2.24. The Morgan fingerprint density at radius 2 is 1.65 bits per heavy atom. The third-order valence-electron chi connectivity index (χ3n) is 3.25. The molecular formula is C18H23Cl2NO2. The first kappa shape index (κ1) is 19.6. The van der Waals surface area contributed by atoms with E-state index >= 15 is 0 Å². The quantitative estimate of drug-likeness (QED) is 0.770.